The van der Waals surface area contributed by atoms with Gasteiger partial charge in [0.15, 0.2) is 0 Å². The van der Waals surface area contributed by atoms with Crippen molar-refractivity contribution >= 4 is 5.95 Å². The van der Waals surface area contributed by atoms with Crippen molar-refractivity contribution in [3.8, 4) is 5.88 Å². The van der Waals surface area contributed by atoms with E-state index in [1.165, 1.54) is 18.2 Å². The molecule has 1 aliphatic rings. The number of aryl methyl sites for hydroxylation is 1. The first kappa shape index (κ1) is 13.8. The topological polar surface area (TPSA) is 47.0 Å². The van der Waals surface area contributed by atoms with Crippen LogP contribution in [-0.2, 0) is 6.42 Å². The normalized spacial score (nSPS) is 15.6. The highest BCUT2D eigenvalue weighted by atomic mass is 19.1. The molecular formula is C16H18FN3O. The third-order valence-corrected chi connectivity index (χ3v) is 3.76. The molecule has 1 aromatic carbocycles. The number of aromatic nitrogens is 2. The highest BCUT2D eigenvalue weighted by molar-refractivity contribution is 5.38. The molecule has 5 heteroatoms. The fourth-order valence-electron chi connectivity index (χ4n) is 2.50. The quantitative estimate of drug-likeness (QED) is 0.918. The van der Waals surface area contributed by atoms with E-state index in [-0.39, 0.29) is 11.4 Å². The van der Waals surface area contributed by atoms with Crippen LogP contribution < -0.4 is 10.1 Å². The molecule has 1 aliphatic carbocycles. The van der Waals surface area contributed by atoms with Crippen molar-refractivity contribution in [1.82, 2.24) is 9.97 Å². The van der Waals surface area contributed by atoms with Crippen molar-refractivity contribution in [1.29, 1.82) is 0 Å². The Balaban J connectivity index is 1.75. The smallest absolute Gasteiger partial charge is 0.255 e. The third-order valence-electron chi connectivity index (χ3n) is 3.76. The molecule has 0 spiro atoms. The van der Waals surface area contributed by atoms with Crippen LogP contribution in [0.2, 0.25) is 0 Å². The molecule has 110 valence electrons. The summed E-state index contributed by atoms with van der Waals surface area (Å²) in [6.45, 7) is 2.09. The third kappa shape index (κ3) is 3.12. The van der Waals surface area contributed by atoms with Crippen molar-refractivity contribution in [2.75, 3.05) is 12.4 Å². The summed E-state index contributed by atoms with van der Waals surface area (Å²) in [6, 6.07) is 8.47. The van der Waals surface area contributed by atoms with Crippen LogP contribution in [0.4, 0.5) is 10.3 Å². The lowest BCUT2D eigenvalue weighted by atomic mass is 10.0. The Morgan fingerprint density at radius 1 is 1.38 bits per heavy atom. The predicted octanol–water partition coefficient (Wildman–Crippen LogP) is 3.12. The fraction of sp³-hybridized carbons (Fsp3) is 0.375. The number of benzene rings is 1. The van der Waals surface area contributed by atoms with Gasteiger partial charge in [-0.3, -0.25) is 0 Å². The molecule has 1 heterocycles. The van der Waals surface area contributed by atoms with Gasteiger partial charge in [-0.2, -0.15) is 9.37 Å². The van der Waals surface area contributed by atoms with Crippen molar-refractivity contribution in [2.24, 2.45) is 0 Å². The minimum Gasteiger partial charge on any atom is -0.479 e. The lowest BCUT2D eigenvalue weighted by Gasteiger charge is -2.18. The van der Waals surface area contributed by atoms with E-state index in [1.54, 1.807) is 0 Å². The van der Waals surface area contributed by atoms with Crippen LogP contribution in [0, 0.1) is 12.7 Å². The lowest BCUT2D eigenvalue weighted by Crippen LogP contribution is -2.25. The molecule has 21 heavy (non-hydrogen) atoms. The van der Waals surface area contributed by atoms with E-state index < -0.39 is 5.82 Å². The van der Waals surface area contributed by atoms with E-state index in [0.717, 1.165) is 25.5 Å². The zero-order valence-electron chi connectivity index (χ0n) is 12.2. The number of nitrogens with one attached hydrogen (secondary N) is 1. The highest BCUT2D eigenvalue weighted by Crippen LogP contribution is 2.41. The van der Waals surface area contributed by atoms with Gasteiger partial charge in [0.2, 0.25) is 11.8 Å². The Morgan fingerprint density at radius 2 is 2.19 bits per heavy atom. The van der Waals surface area contributed by atoms with Crippen molar-refractivity contribution < 1.29 is 9.13 Å². The number of anilines is 1. The molecule has 0 radical (unpaired) electrons. The molecule has 1 fully saturated rings. The van der Waals surface area contributed by atoms with Crippen LogP contribution in [0.3, 0.4) is 0 Å². The summed E-state index contributed by atoms with van der Waals surface area (Å²) in [5, 5.41) is 3.33. The standard InChI is InChI=1S/C16H18FN3O/c1-11-4-3-5-12(8-11)9-16(6-7-16)20-15-18-10-13(17)14(19-15)21-2/h3-5,8,10H,6-7,9H2,1-2H3,(H,18,19,20). The number of hydrogen-bond donors (Lipinski definition) is 1. The number of nitrogens with zero attached hydrogens (tertiary/aromatic N) is 2. The number of methoxy groups -OCH3 is 1. The zero-order valence-corrected chi connectivity index (χ0v) is 12.2. The average Bonchev–Trinajstić information content (AvgIpc) is 3.20. The van der Waals surface area contributed by atoms with Crippen molar-refractivity contribution in [3.63, 3.8) is 0 Å². The molecule has 0 unspecified atom stereocenters. The fourth-order valence-corrected chi connectivity index (χ4v) is 2.50. The Bertz CT molecular complexity index is 656. The second-order valence-electron chi connectivity index (χ2n) is 5.62. The van der Waals surface area contributed by atoms with Gasteiger partial charge in [-0.05, 0) is 31.7 Å². The maximum absolute atomic E-state index is 13.3. The molecule has 0 atom stereocenters. The molecule has 2 aromatic rings. The first-order valence-corrected chi connectivity index (χ1v) is 7.00. The molecular weight excluding hydrogens is 269 g/mol. The van der Waals surface area contributed by atoms with E-state index in [0.29, 0.717) is 5.95 Å². The number of halogens is 1. The van der Waals surface area contributed by atoms with Gasteiger partial charge < -0.3 is 10.1 Å². The molecule has 0 aliphatic heterocycles. The Hall–Kier alpha value is -2.17. The first-order valence-electron chi connectivity index (χ1n) is 7.00. The van der Waals surface area contributed by atoms with Gasteiger partial charge in [-0.25, -0.2) is 4.98 Å². The van der Waals surface area contributed by atoms with E-state index in [4.69, 9.17) is 4.74 Å². The van der Waals surface area contributed by atoms with Gasteiger partial charge in [0.1, 0.15) is 0 Å². The highest BCUT2D eigenvalue weighted by Gasteiger charge is 2.43. The van der Waals surface area contributed by atoms with Gasteiger partial charge >= 0.3 is 0 Å². The Morgan fingerprint density at radius 3 is 2.86 bits per heavy atom. The monoisotopic (exact) mass is 287 g/mol. The summed E-state index contributed by atoms with van der Waals surface area (Å²) in [5.41, 5.74) is 2.52. The summed E-state index contributed by atoms with van der Waals surface area (Å²) in [5.74, 6) is -0.163. The molecule has 3 rings (SSSR count). The van der Waals surface area contributed by atoms with Crippen molar-refractivity contribution in [2.45, 2.75) is 31.7 Å². The molecule has 0 bridgehead atoms. The first-order chi connectivity index (χ1) is 10.1. The minimum atomic E-state index is -0.549. The van der Waals surface area contributed by atoms with E-state index in [2.05, 4.69) is 46.5 Å². The van der Waals surface area contributed by atoms with Gasteiger partial charge in [-0.1, -0.05) is 29.8 Å². The second kappa shape index (κ2) is 5.31. The number of hydrogen-bond acceptors (Lipinski definition) is 4. The Kier molecular flexibility index (Phi) is 3.49. The largest absolute Gasteiger partial charge is 0.479 e. The van der Waals surface area contributed by atoms with E-state index in [1.807, 2.05) is 0 Å². The van der Waals surface area contributed by atoms with E-state index in [9.17, 15) is 4.39 Å². The molecule has 4 nitrogen and oxygen atoms in total. The van der Waals surface area contributed by atoms with Crippen LogP contribution in [-0.4, -0.2) is 22.6 Å². The molecule has 1 aromatic heterocycles. The average molecular weight is 287 g/mol. The molecule has 1 N–H and O–H groups in total. The van der Waals surface area contributed by atoms with Gasteiger partial charge in [0.05, 0.1) is 13.3 Å². The SMILES string of the molecule is COc1nc(NC2(Cc3cccc(C)c3)CC2)ncc1F. The number of ether oxygens (including phenoxy) is 1. The summed E-state index contributed by atoms with van der Waals surface area (Å²) < 4.78 is 18.2. The lowest BCUT2D eigenvalue weighted by molar-refractivity contribution is 0.367. The number of rotatable bonds is 5. The molecule has 0 saturated heterocycles. The van der Waals surface area contributed by atoms with Crippen LogP contribution in [0.5, 0.6) is 5.88 Å². The van der Waals surface area contributed by atoms with Crippen LogP contribution in [0.15, 0.2) is 30.5 Å². The predicted molar refractivity (Wildman–Crippen MR) is 79.0 cm³/mol. The van der Waals surface area contributed by atoms with Crippen LogP contribution in [0.1, 0.15) is 24.0 Å². The zero-order chi connectivity index (χ0) is 14.9. The molecule has 0 amide bonds. The van der Waals surface area contributed by atoms with Gasteiger partial charge in [0.25, 0.3) is 5.88 Å². The van der Waals surface area contributed by atoms with E-state index >= 15 is 0 Å². The maximum Gasteiger partial charge on any atom is 0.255 e. The van der Waals surface area contributed by atoms with Crippen molar-refractivity contribution in [3.05, 3.63) is 47.4 Å². The summed E-state index contributed by atoms with van der Waals surface area (Å²) >= 11 is 0. The van der Waals surface area contributed by atoms with Gasteiger partial charge in [-0.15, -0.1) is 0 Å². The van der Waals surface area contributed by atoms with Crippen LogP contribution >= 0.6 is 0 Å². The Labute approximate surface area is 123 Å². The molecule has 1 saturated carbocycles. The second-order valence-corrected chi connectivity index (χ2v) is 5.62. The summed E-state index contributed by atoms with van der Waals surface area (Å²) in [6.07, 6.45) is 4.17. The maximum atomic E-state index is 13.3. The minimum absolute atomic E-state index is 0.0172. The summed E-state index contributed by atoms with van der Waals surface area (Å²) in [7, 11) is 1.40. The van der Waals surface area contributed by atoms with Gasteiger partial charge in [0, 0.05) is 5.54 Å². The summed E-state index contributed by atoms with van der Waals surface area (Å²) in [4.78, 5) is 8.05. The van der Waals surface area contributed by atoms with Crippen LogP contribution in [0.25, 0.3) is 0 Å².